The summed E-state index contributed by atoms with van der Waals surface area (Å²) in [6.45, 7) is 9.26. The first-order valence-corrected chi connectivity index (χ1v) is 10.6. The molecule has 4 rings (SSSR count). The Morgan fingerprint density at radius 2 is 2.13 bits per heavy atom. The SMILES string of the molecule is COCCn1nnnc1C(c1cc2c(C)cc(C)cc2[nH]c1=O)N1CCCC(C)C1. The smallest absolute Gasteiger partial charge is 0.253 e. The topological polar surface area (TPSA) is 88.9 Å². The van der Waals surface area contributed by atoms with Crippen LogP contribution in [-0.4, -0.2) is 56.9 Å². The van der Waals surface area contributed by atoms with Crippen molar-refractivity contribution >= 4 is 10.9 Å². The Balaban J connectivity index is 1.87. The third-order valence-electron chi connectivity index (χ3n) is 6.00. The van der Waals surface area contributed by atoms with Crippen LogP contribution >= 0.6 is 0 Å². The van der Waals surface area contributed by atoms with E-state index >= 15 is 0 Å². The first kappa shape index (κ1) is 20.7. The van der Waals surface area contributed by atoms with Gasteiger partial charge in [-0.05, 0) is 72.8 Å². The number of hydrogen-bond acceptors (Lipinski definition) is 6. The lowest BCUT2D eigenvalue weighted by Crippen LogP contribution is -2.41. The van der Waals surface area contributed by atoms with Gasteiger partial charge in [-0.15, -0.1) is 5.10 Å². The van der Waals surface area contributed by atoms with Crippen molar-refractivity contribution in [2.45, 2.75) is 46.2 Å². The number of rotatable bonds is 6. The van der Waals surface area contributed by atoms with Crippen LogP contribution in [-0.2, 0) is 11.3 Å². The average molecular weight is 411 g/mol. The standard InChI is InChI=1S/C22H30N6O2/c1-14-6-5-7-27(13-14)20(21-24-25-26-28(21)8-9-30-4)18-12-17-16(3)10-15(2)11-19(17)23-22(18)29/h10-12,14,20H,5-9,13H2,1-4H3,(H,23,29). The van der Waals surface area contributed by atoms with Crippen LogP contribution < -0.4 is 5.56 Å². The van der Waals surface area contributed by atoms with Gasteiger partial charge in [0.2, 0.25) is 0 Å². The number of aryl methyl sites for hydroxylation is 2. The summed E-state index contributed by atoms with van der Waals surface area (Å²) < 4.78 is 6.99. The normalized spacial score (nSPS) is 18.7. The summed E-state index contributed by atoms with van der Waals surface area (Å²) in [5.74, 6) is 1.25. The number of benzene rings is 1. The highest BCUT2D eigenvalue weighted by atomic mass is 16.5. The van der Waals surface area contributed by atoms with Gasteiger partial charge in [0.15, 0.2) is 5.82 Å². The van der Waals surface area contributed by atoms with Crippen LogP contribution in [0, 0.1) is 19.8 Å². The Hall–Kier alpha value is -2.58. The molecule has 0 spiro atoms. The Kier molecular flexibility index (Phi) is 5.97. The van der Waals surface area contributed by atoms with Gasteiger partial charge in [0.05, 0.1) is 13.2 Å². The highest BCUT2D eigenvalue weighted by Crippen LogP contribution is 2.31. The molecule has 1 aromatic carbocycles. The van der Waals surface area contributed by atoms with E-state index in [0.717, 1.165) is 41.5 Å². The first-order valence-electron chi connectivity index (χ1n) is 10.6. The van der Waals surface area contributed by atoms with Crippen molar-refractivity contribution in [2.75, 3.05) is 26.8 Å². The summed E-state index contributed by atoms with van der Waals surface area (Å²) in [5, 5.41) is 13.5. The third kappa shape index (κ3) is 4.02. The van der Waals surface area contributed by atoms with Crippen LogP contribution in [0.25, 0.3) is 10.9 Å². The van der Waals surface area contributed by atoms with Crippen molar-refractivity contribution in [3.05, 3.63) is 51.1 Å². The minimum atomic E-state index is -0.298. The van der Waals surface area contributed by atoms with Crippen LogP contribution in [0.5, 0.6) is 0 Å². The van der Waals surface area contributed by atoms with Crippen LogP contribution in [0.4, 0.5) is 0 Å². The van der Waals surface area contributed by atoms with Crippen LogP contribution in [0.15, 0.2) is 23.0 Å². The molecule has 0 amide bonds. The molecule has 0 radical (unpaired) electrons. The molecule has 3 heterocycles. The Morgan fingerprint density at radius 3 is 2.90 bits per heavy atom. The largest absolute Gasteiger partial charge is 0.383 e. The molecule has 0 bridgehead atoms. The van der Waals surface area contributed by atoms with Gasteiger partial charge in [0.25, 0.3) is 5.56 Å². The number of hydrogen-bond donors (Lipinski definition) is 1. The van der Waals surface area contributed by atoms with E-state index in [1.807, 2.05) is 19.1 Å². The molecule has 1 aliphatic rings. The third-order valence-corrected chi connectivity index (χ3v) is 6.00. The fourth-order valence-corrected chi connectivity index (χ4v) is 4.60. The fourth-order valence-electron chi connectivity index (χ4n) is 4.60. The molecule has 1 N–H and O–H groups in total. The second-order valence-electron chi connectivity index (χ2n) is 8.49. The van der Waals surface area contributed by atoms with E-state index in [-0.39, 0.29) is 11.6 Å². The maximum Gasteiger partial charge on any atom is 0.253 e. The maximum absolute atomic E-state index is 13.3. The molecule has 1 aliphatic heterocycles. The number of aromatic amines is 1. The summed E-state index contributed by atoms with van der Waals surface area (Å²) in [6.07, 6.45) is 2.30. The molecular weight excluding hydrogens is 380 g/mol. The van der Waals surface area contributed by atoms with E-state index in [1.54, 1.807) is 11.8 Å². The lowest BCUT2D eigenvalue weighted by molar-refractivity contribution is 0.137. The summed E-state index contributed by atoms with van der Waals surface area (Å²) in [4.78, 5) is 18.7. The fraction of sp³-hybridized carbons (Fsp3) is 0.545. The van der Waals surface area contributed by atoms with E-state index in [0.29, 0.717) is 30.5 Å². The Morgan fingerprint density at radius 1 is 1.30 bits per heavy atom. The van der Waals surface area contributed by atoms with Gasteiger partial charge in [-0.2, -0.15) is 0 Å². The molecule has 2 aromatic heterocycles. The molecule has 1 saturated heterocycles. The molecule has 0 aliphatic carbocycles. The van der Waals surface area contributed by atoms with Gasteiger partial charge in [0, 0.05) is 30.1 Å². The molecule has 0 saturated carbocycles. The summed E-state index contributed by atoms with van der Waals surface area (Å²) >= 11 is 0. The molecule has 2 unspecified atom stereocenters. The van der Waals surface area contributed by atoms with Crippen molar-refractivity contribution in [1.82, 2.24) is 30.1 Å². The van der Waals surface area contributed by atoms with Gasteiger partial charge in [-0.1, -0.05) is 13.0 Å². The number of fused-ring (bicyclic) bond motifs is 1. The number of tetrazole rings is 1. The molecular formula is C22H30N6O2. The molecule has 3 aromatic rings. The van der Waals surface area contributed by atoms with E-state index < -0.39 is 0 Å². The van der Waals surface area contributed by atoms with Crippen molar-refractivity contribution in [1.29, 1.82) is 0 Å². The predicted molar refractivity (Wildman–Crippen MR) is 116 cm³/mol. The van der Waals surface area contributed by atoms with Gasteiger partial charge in [-0.25, -0.2) is 4.68 Å². The monoisotopic (exact) mass is 410 g/mol. The summed E-state index contributed by atoms with van der Waals surface area (Å²) in [5.41, 5.74) is 3.75. The van der Waals surface area contributed by atoms with E-state index in [1.165, 1.54) is 6.42 Å². The summed E-state index contributed by atoms with van der Waals surface area (Å²) in [7, 11) is 1.66. The number of aromatic nitrogens is 5. The first-order chi connectivity index (χ1) is 14.5. The second kappa shape index (κ2) is 8.65. The van der Waals surface area contributed by atoms with Gasteiger partial charge >= 0.3 is 0 Å². The number of piperidine rings is 1. The Bertz CT molecular complexity index is 1090. The number of methoxy groups -OCH3 is 1. The molecule has 1 fully saturated rings. The van der Waals surface area contributed by atoms with E-state index in [9.17, 15) is 4.79 Å². The quantitative estimate of drug-likeness (QED) is 0.672. The number of ether oxygens (including phenoxy) is 1. The second-order valence-corrected chi connectivity index (χ2v) is 8.49. The minimum Gasteiger partial charge on any atom is -0.383 e. The van der Waals surface area contributed by atoms with Crippen molar-refractivity contribution in [3.8, 4) is 0 Å². The minimum absolute atomic E-state index is 0.0861. The molecule has 8 nitrogen and oxygen atoms in total. The lowest BCUT2D eigenvalue weighted by Gasteiger charge is -2.36. The number of pyridine rings is 1. The van der Waals surface area contributed by atoms with Crippen LogP contribution in [0.2, 0.25) is 0 Å². The average Bonchev–Trinajstić information content (AvgIpc) is 3.15. The number of H-pyrrole nitrogens is 1. The van der Waals surface area contributed by atoms with Crippen LogP contribution in [0.1, 0.15) is 48.3 Å². The predicted octanol–water partition coefficient (Wildman–Crippen LogP) is 2.60. The van der Waals surface area contributed by atoms with Crippen molar-refractivity contribution in [3.63, 3.8) is 0 Å². The zero-order valence-electron chi connectivity index (χ0n) is 18.2. The molecule has 160 valence electrons. The van der Waals surface area contributed by atoms with E-state index in [2.05, 4.69) is 45.3 Å². The number of nitrogens with one attached hydrogen (secondary N) is 1. The van der Waals surface area contributed by atoms with Gasteiger partial charge in [-0.3, -0.25) is 9.69 Å². The van der Waals surface area contributed by atoms with Gasteiger partial charge in [0.1, 0.15) is 6.04 Å². The molecule has 2 atom stereocenters. The zero-order chi connectivity index (χ0) is 21.3. The number of likely N-dealkylation sites (tertiary alicyclic amines) is 1. The van der Waals surface area contributed by atoms with E-state index in [4.69, 9.17) is 4.74 Å². The summed E-state index contributed by atoms with van der Waals surface area (Å²) in [6, 6.07) is 5.90. The number of nitrogens with zero attached hydrogens (tertiary/aromatic N) is 5. The van der Waals surface area contributed by atoms with Gasteiger partial charge < -0.3 is 9.72 Å². The highest BCUT2D eigenvalue weighted by molar-refractivity contribution is 5.83. The Labute approximate surface area is 176 Å². The highest BCUT2D eigenvalue weighted by Gasteiger charge is 2.32. The maximum atomic E-state index is 13.3. The van der Waals surface area contributed by atoms with Crippen molar-refractivity contribution in [2.24, 2.45) is 5.92 Å². The molecule has 30 heavy (non-hydrogen) atoms. The molecule has 8 heteroatoms. The zero-order valence-corrected chi connectivity index (χ0v) is 18.2. The lowest BCUT2D eigenvalue weighted by atomic mass is 9.95. The van der Waals surface area contributed by atoms with Crippen molar-refractivity contribution < 1.29 is 4.74 Å². The van der Waals surface area contributed by atoms with Crippen LogP contribution in [0.3, 0.4) is 0 Å².